The third-order valence-corrected chi connectivity index (χ3v) is 5.04. The summed E-state index contributed by atoms with van der Waals surface area (Å²) in [4.78, 5) is 0. The molecular weight excluding hydrogens is 320 g/mol. The number of hydrogen-bond donors (Lipinski definition) is 0. The molecule has 0 amide bonds. The lowest BCUT2D eigenvalue weighted by Crippen LogP contribution is -2.19. The van der Waals surface area contributed by atoms with Crippen LogP contribution in [-0.4, -0.2) is 12.9 Å². The average Bonchev–Trinajstić information content (AvgIpc) is 2.61. The Morgan fingerprint density at radius 2 is 1.69 bits per heavy atom. The number of hydrogen-bond acceptors (Lipinski definition) is 2. The first-order valence-corrected chi connectivity index (χ1v) is 10.2. The molecule has 26 heavy (non-hydrogen) atoms. The van der Waals surface area contributed by atoms with E-state index < -0.39 is 0 Å². The zero-order chi connectivity index (χ0) is 18.9. The van der Waals surface area contributed by atoms with Crippen molar-refractivity contribution in [3.63, 3.8) is 0 Å². The predicted molar refractivity (Wildman–Crippen MR) is 111 cm³/mol. The third-order valence-electron chi connectivity index (χ3n) is 5.04. The summed E-state index contributed by atoms with van der Waals surface area (Å²) in [5, 5.41) is 0. The van der Waals surface area contributed by atoms with Crippen LogP contribution >= 0.6 is 0 Å². The summed E-state index contributed by atoms with van der Waals surface area (Å²) in [6.07, 6.45) is 10.1. The summed E-state index contributed by atoms with van der Waals surface area (Å²) in [5.74, 6) is 1.72. The summed E-state index contributed by atoms with van der Waals surface area (Å²) in [6.45, 7) is 11.4. The van der Waals surface area contributed by atoms with E-state index in [0.717, 1.165) is 18.3 Å². The second kappa shape index (κ2) is 10.6. The zero-order valence-corrected chi connectivity index (χ0v) is 17.3. The number of allylic oxidation sites excluding steroid dienone is 4. The van der Waals surface area contributed by atoms with Crippen molar-refractivity contribution in [1.82, 2.24) is 0 Å². The van der Waals surface area contributed by atoms with E-state index in [2.05, 4.69) is 45.9 Å². The van der Waals surface area contributed by atoms with Gasteiger partial charge in [0.05, 0.1) is 6.61 Å². The minimum absolute atomic E-state index is 0.204. The van der Waals surface area contributed by atoms with E-state index >= 15 is 0 Å². The molecule has 1 aliphatic rings. The van der Waals surface area contributed by atoms with Gasteiger partial charge in [-0.25, -0.2) is 0 Å². The van der Waals surface area contributed by atoms with Crippen LogP contribution in [0.5, 0.6) is 5.75 Å². The Morgan fingerprint density at radius 1 is 1.04 bits per heavy atom. The van der Waals surface area contributed by atoms with Gasteiger partial charge in [-0.2, -0.15) is 0 Å². The maximum Gasteiger partial charge on any atom is 0.196 e. The molecule has 2 rings (SSSR count). The first-order chi connectivity index (χ1) is 12.5. The Hall–Kier alpha value is -1.54. The van der Waals surface area contributed by atoms with Crippen molar-refractivity contribution in [3.05, 3.63) is 47.1 Å². The van der Waals surface area contributed by atoms with Gasteiger partial charge in [0.1, 0.15) is 5.75 Å². The quantitative estimate of drug-likeness (QED) is 0.363. The van der Waals surface area contributed by atoms with Crippen LogP contribution in [0.3, 0.4) is 0 Å². The fourth-order valence-electron chi connectivity index (χ4n) is 3.62. The molecule has 1 unspecified atom stereocenters. The van der Waals surface area contributed by atoms with E-state index in [0.29, 0.717) is 0 Å². The van der Waals surface area contributed by atoms with Crippen molar-refractivity contribution in [1.29, 1.82) is 0 Å². The molecule has 2 heteroatoms. The van der Waals surface area contributed by atoms with Gasteiger partial charge in [-0.05, 0) is 70.2 Å². The molecule has 144 valence electrons. The van der Waals surface area contributed by atoms with Gasteiger partial charge in [0.25, 0.3) is 0 Å². The Balaban J connectivity index is 1.84. The summed E-state index contributed by atoms with van der Waals surface area (Å²) in [6, 6.07) is 8.34. The molecule has 0 radical (unpaired) electrons. The van der Waals surface area contributed by atoms with Crippen LogP contribution in [0, 0.1) is 5.92 Å². The third kappa shape index (κ3) is 6.99. The highest BCUT2D eigenvalue weighted by atomic mass is 16.7. The molecule has 1 atom stereocenters. The van der Waals surface area contributed by atoms with Crippen LogP contribution in [0.15, 0.2) is 41.5 Å². The monoisotopic (exact) mass is 356 g/mol. The Bertz CT molecular complexity index is 596. The Labute approximate surface area is 160 Å². The summed E-state index contributed by atoms with van der Waals surface area (Å²) < 4.78 is 11.8. The molecule has 0 bridgehead atoms. The van der Waals surface area contributed by atoms with E-state index in [-0.39, 0.29) is 6.29 Å². The van der Waals surface area contributed by atoms with Crippen LogP contribution in [0.25, 0.3) is 5.57 Å². The van der Waals surface area contributed by atoms with E-state index in [9.17, 15) is 0 Å². The topological polar surface area (TPSA) is 18.5 Å². The minimum Gasteiger partial charge on any atom is -0.465 e. The van der Waals surface area contributed by atoms with E-state index in [1.807, 2.05) is 19.1 Å². The maximum absolute atomic E-state index is 5.93. The second-order valence-corrected chi connectivity index (χ2v) is 8.01. The maximum atomic E-state index is 5.93. The molecule has 1 aromatic carbocycles. The molecule has 2 nitrogen and oxygen atoms in total. The zero-order valence-electron chi connectivity index (χ0n) is 17.3. The average molecular weight is 357 g/mol. The summed E-state index contributed by atoms with van der Waals surface area (Å²) in [7, 11) is 0. The van der Waals surface area contributed by atoms with Crippen LogP contribution < -0.4 is 4.74 Å². The fourth-order valence-corrected chi connectivity index (χ4v) is 3.62. The molecule has 0 saturated heterocycles. The van der Waals surface area contributed by atoms with Crippen LogP contribution in [-0.2, 0) is 4.74 Å². The molecule has 0 aromatic heterocycles. The van der Waals surface area contributed by atoms with Crippen molar-refractivity contribution < 1.29 is 9.47 Å². The predicted octanol–water partition coefficient (Wildman–Crippen LogP) is 7.16. The first-order valence-electron chi connectivity index (χ1n) is 10.2. The van der Waals surface area contributed by atoms with Crippen LogP contribution in [0.1, 0.15) is 78.7 Å². The molecule has 1 fully saturated rings. The molecule has 1 aliphatic carbocycles. The van der Waals surface area contributed by atoms with Gasteiger partial charge in [-0.1, -0.05) is 61.5 Å². The lowest BCUT2D eigenvalue weighted by atomic mass is 9.87. The highest BCUT2D eigenvalue weighted by Crippen LogP contribution is 2.27. The largest absolute Gasteiger partial charge is 0.465 e. The normalized spacial score (nSPS) is 16.0. The number of benzene rings is 1. The van der Waals surface area contributed by atoms with Gasteiger partial charge in [-0.3, -0.25) is 0 Å². The van der Waals surface area contributed by atoms with Crippen molar-refractivity contribution in [2.24, 2.45) is 5.92 Å². The van der Waals surface area contributed by atoms with Gasteiger partial charge in [0.15, 0.2) is 6.29 Å². The first kappa shape index (κ1) is 20.8. The SMILES string of the molecule is CC(C)=CC(=C(C)C)c1ccc(OC(C)OCCC2CCCCC2)cc1. The van der Waals surface area contributed by atoms with Crippen molar-refractivity contribution in [2.75, 3.05) is 6.61 Å². The van der Waals surface area contributed by atoms with Gasteiger partial charge >= 0.3 is 0 Å². The lowest BCUT2D eigenvalue weighted by molar-refractivity contribution is -0.0711. The van der Waals surface area contributed by atoms with Crippen LogP contribution in [0.2, 0.25) is 0 Å². The van der Waals surface area contributed by atoms with E-state index in [4.69, 9.17) is 9.47 Å². The highest BCUT2D eigenvalue weighted by molar-refractivity contribution is 5.76. The fraction of sp³-hybridized carbons (Fsp3) is 0.583. The minimum atomic E-state index is -0.204. The van der Waals surface area contributed by atoms with E-state index in [1.54, 1.807) is 0 Å². The smallest absolute Gasteiger partial charge is 0.196 e. The second-order valence-electron chi connectivity index (χ2n) is 8.01. The van der Waals surface area contributed by atoms with Crippen molar-refractivity contribution in [3.8, 4) is 5.75 Å². The molecule has 1 aromatic rings. The molecule has 0 aliphatic heterocycles. The van der Waals surface area contributed by atoms with Gasteiger partial charge in [0, 0.05) is 0 Å². The van der Waals surface area contributed by atoms with Gasteiger partial charge in [0.2, 0.25) is 0 Å². The molecule has 0 spiro atoms. The number of ether oxygens (including phenoxy) is 2. The Morgan fingerprint density at radius 3 is 2.27 bits per heavy atom. The molecule has 0 heterocycles. The van der Waals surface area contributed by atoms with Crippen molar-refractivity contribution >= 4 is 5.57 Å². The Kier molecular flexibility index (Phi) is 8.44. The lowest BCUT2D eigenvalue weighted by Gasteiger charge is -2.22. The van der Waals surface area contributed by atoms with Crippen molar-refractivity contribution in [2.45, 2.75) is 79.4 Å². The standard InChI is InChI=1S/C24H36O2/c1-18(2)17-24(19(3)4)22-11-13-23(14-12-22)26-20(5)25-16-15-21-9-7-6-8-10-21/h11-14,17,20-21H,6-10,15-16H2,1-5H3. The summed E-state index contributed by atoms with van der Waals surface area (Å²) in [5.41, 5.74) is 5.14. The van der Waals surface area contributed by atoms with Gasteiger partial charge in [-0.15, -0.1) is 0 Å². The highest BCUT2D eigenvalue weighted by Gasteiger charge is 2.14. The van der Waals surface area contributed by atoms with Gasteiger partial charge < -0.3 is 9.47 Å². The summed E-state index contributed by atoms with van der Waals surface area (Å²) >= 11 is 0. The van der Waals surface area contributed by atoms with Crippen LogP contribution in [0.4, 0.5) is 0 Å². The molecular formula is C24H36O2. The molecule has 0 N–H and O–H groups in total. The van der Waals surface area contributed by atoms with E-state index in [1.165, 1.54) is 60.8 Å². The number of rotatable bonds is 8. The molecule has 1 saturated carbocycles.